The first-order valence-electron chi connectivity index (χ1n) is 12.4. The molecule has 0 radical (unpaired) electrons. The number of rotatable bonds is 6. The maximum atomic E-state index is 12.7. The number of carbonyl (C=O) groups excluding carboxylic acids is 2. The fourth-order valence-corrected chi connectivity index (χ4v) is 4.51. The Bertz CT molecular complexity index is 1430. The number of nitrogens with zero attached hydrogens (tertiary/aromatic N) is 2. The lowest BCUT2D eigenvalue weighted by molar-refractivity contribution is -0.114. The van der Waals surface area contributed by atoms with Crippen LogP contribution in [-0.4, -0.2) is 61.0 Å². The monoisotopic (exact) mass is 508 g/mol. The number of nitrogens with one attached hydrogen (secondary N) is 2. The zero-order valence-electron chi connectivity index (χ0n) is 21.0. The van der Waals surface area contributed by atoms with Crippen LogP contribution in [-0.2, 0) is 4.79 Å². The van der Waals surface area contributed by atoms with Crippen molar-refractivity contribution in [1.82, 2.24) is 10.2 Å². The highest BCUT2D eigenvalue weighted by atomic mass is 16.4. The van der Waals surface area contributed by atoms with Gasteiger partial charge >= 0.3 is 5.97 Å². The van der Waals surface area contributed by atoms with E-state index < -0.39 is 17.8 Å². The van der Waals surface area contributed by atoms with Gasteiger partial charge < -0.3 is 20.2 Å². The minimum Gasteiger partial charge on any atom is -0.478 e. The number of carbonyl (C=O) groups is 3. The Morgan fingerprint density at radius 1 is 0.842 bits per heavy atom. The average molecular weight is 509 g/mol. The number of hydrogen-bond acceptors (Lipinski definition) is 6. The van der Waals surface area contributed by atoms with Crippen molar-refractivity contribution in [2.45, 2.75) is 0 Å². The number of likely N-dealkylation sites (N-methyl/N-ethyl adjacent to an activating group) is 1. The van der Waals surface area contributed by atoms with E-state index in [-0.39, 0.29) is 5.56 Å². The lowest BCUT2D eigenvalue weighted by atomic mass is 9.93. The molecule has 2 amide bonds. The summed E-state index contributed by atoms with van der Waals surface area (Å²) < 4.78 is 0. The Hall–Kier alpha value is -4.69. The summed E-state index contributed by atoms with van der Waals surface area (Å²) in [6.45, 7) is 4.05. The van der Waals surface area contributed by atoms with Crippen molar-refractivity contribution in [1.29, 1.82) is 0 Å². The number of piperazine rings is 1. The van der Waals surface area contributed by atoms with Gasteiger partial charge in [0.05, 0.1) is 11.1 Å². The Morgan fingerprint density at radius 3 is 2.18 bits per heavy atom. The summed E-state index contributed by atoms with van der Waals surface area (Å²) in [5, 5.41) is 14.7. The van der Waals surface area contributed by atoms with E-state index >= 15 is 0 Å². The largest absolute Gasteiger partial charge is 0.478 e. The van der Waals surface area contributed by atoms with Gasteiger partial charge in [-0.1, -0.05) is 30.4 Å². The molecule has 0 atom stereocenters. The first kappa shape index (κ1) is 25.0. The van der Waals surface area contributed by atoms with Crippen molar-refractivity contribution < 1.29 is 19.5 Å². The molecular formula is C30H28N4O4. The van der Waals surface area contributed by atoms with E-state index in [0.29, 0.717) is 16.7 Å². The summed E-state index contributed by atoms with van der Waals surface area (Å²) in [6, 6.07) is 19.9. The summed E-state index contributed by atoms with van der Waals surface area (Å²) in [4.78, 5) is 40.9. The molecule has 2 aliphatic rings. The Morgan fingerprint density at radius 2 is 1.50 bits per heavy atom. The summed E-state index contributed by atoms with van der Waals surface area (Å²) in [5.74, 6) is -1.87. The molecule has 0 aliphatic carbocycles. The fourth-order valence-electron chi connectivity index (χ4n) is 4.51. The molecule has 3 aromatic rings. The molecule has 0 unspecified atom stereocenters. The lowest BCUT2D eigenvalue weighted by Crippen LogP contribution is -2.44. The smallest absolute Gasteiger partial charge is 0.335 e. The average Bonchev–Trinajstić information content (AvgIpc) is 2.92. The number of carboxylic acid groups (broad SMARTS) is 1. The maximum absolute atomic E-state index is 12.7. The molecule has 2 aliphatic heterocycles. The molecule has 0 bridgehead atoms. The van der Waals surface area contributed by atoms with Gasteiger partial charge in [0.15, 0.2) is 0 Å². The van der Waals surface area contributed by atoms with Gasteiger partial charge in [-0.3, -0.25) is 14.9 Å². The van der Waals surface area contributed by atoms with Gasteiger partial charge in [0.1, 0.15) is 0 Å². The predicted molar refractivity (Wildman–Crippen MR) is 149 cm³/mol. The third-order valence-electron chi connectivity index (χ3n) is 6.79. The molecule has 0 aromatic heterocycles. The van der Waals surface area contributed by atoms with Crippen LogP contribution in [0.15, 0.2) is 72.9 Å². The number of amides is 2. The zero-order chi connectivity index (χ0) is 26.6. The number of benzene rings is 3. The molecule has 0 spiro atoms. The number of fused-ring (bicyclic) bond motifs is 1. The van der Waals surface area contributed by atoms with Gasteiger partial charge in [0, 0.05) is 54.9 Å². The molecule has 5 rings (SSSR count). The lowest BCUT2D eigenvalue weighted by Gasteiger charge is -2.34. The van der Waals surface area contributed by atoms with E-state index in [2.05, 4.69) is 39.6 Å². The molecule has 8 heteroatoms. The number of imide groups is 1. The SMILES string of the molecule is CN1CCN(c2ccc(N/C=C3\C(=O)NC(=O)c4ccc(/C=C/c5ccc(C(=O)O)cc5)cc43)cc2)CC1. The minimum absolute atomic E-state index is 0.219. The van der Waals surface area contributed by atoms with Gasteiger partial charge in [-0.05, 0) is 66.7 Å². The third-order valence-corrected chi connectivity index (χ3v) is 6.79. The molecule has 1 fully saturated rings. The van der Waals surface area contributed by atoms with E-state index in [1.807, 2.05) is 24.3 Å². The zero-order valence-corrected chi connectivity index (χ0v) is 21.0. The van der Waals surface area contributed by atoms with Crippen LogP contribution < -0.4 is 15.5 Å². The third kappa shape index (κ3) is 5.50. The highest BCUT2D eigenvalue weighted by Gasteiger charge is 2.27. The number of anilines is 2. The second-order valence-corrected chi connectivity index (χ2v) is 9.39. The van der Waals surface area contributed by atoms with Crippen LogP contribution in [0.1, 0.15) is 37.4 Å². The van der Waals surface area contributed by atoms with Crippen molar-refractivity contribution in [3.8, 4) is 0 Å². The van der Waals surface area contributed by atoms with E-state index in [0.717, 1.165) is 48.7 Å². The van der Waals surface area contributed by atoms with E-state index in [1.54, 1.807) is 48.7 Å². The second kappa shape index (κ2) is 10.7. The van der Waals surface area contributed by atoms with E-state index in [1.165, 1.54) is 0 Å². The molecule has 192 valence electrons. The molecule has 3 N–H and O–H groups in total. The van der Waals surface area contributed by atoms with Crippen LogP contribution in [0.25, 0.3) is 17.7 Å². The van der Waals surface area contributed by atoms with Crippen LogP contribution in [0.3, 0.4) is 0 Å². The minimum atomic E-state index is -0.975. The Kier molecular flexibility index (Phi) is 7.06. The van der Waals surface area contributed by atoms with Crippen molar-refractivity contribution in [3.63, 3.8) is 0 Å². The van der Waals surface area contributed by atoms with Crippen LogP contribution in [0.4, 0.5) is 11.4 Å². The van der Waals surface area contributed by atoms with Crippen LogP contribution in [0.5, 0.6) is 0 Å². The summed E-state index contributed by atoms with van der Waals surface area (Å²) in [6.07, 6.45) is 5.33. The number of hydrogen-bond donors (Lipinski definition) is 3. The second-order valence-electron chi connectivity index (χ2n) is 9.39. The van der Waals surface area contributed by atoms with Gasteiger partial charge in [-0.2, -0.15) is 0 Å². The summed E-state index contributed by atoms with van der Waals surface area (Å²) >= 11 is 0. The molecular weight excluding hydrogens is 480 g/mol. The van der Waals surface area contributed by atoms with Gasteiger partial charge in [0.25, 0.3) is 11.8 Å². The normalized spacial score (nSPS) is 17.0. The van der Waals surface area contributed by atoms with Crippen LogP contribution >= 0.6 is 0 Å². The quantitative estimate of drug-likeness (QED) is 0.263. The maximum Gasteiger partial charge on any atom is 0.335 e. The topological polar surface area (TPSA) is 102 Å². The Balaban J connectivity index is 1.35. The highest BCUT2D eigenvalue weighted by Crippen LogP contribution is 2.27. The molecule has 38 heavy (non-hydrogen) atoms. The molecule has 0 saturated carbocycles. The standard InChI is InChI=1S/C30H28N4O4/c1-33-14-16-34(17-15-33)24-11-9-23(10-12-24)31-19-27-26-18-21(6-13-25(26)28(35)32-29(27)36)3-2-20-4-7-22(8-5-20)30(37)38/h2-13,18-19,31H,14-17H2,1H3,(H,37,38)(H,32,35,36)/b3-2+,27-19-. The summed E-state index contributed by atoms with van der Waals surface area (Å²) in [7, 11) is 2.13. The number of carboxylic acids is 1. The van der Waals surface area contributed by atoms with Crippen molar-refractivity contribution in [3.05, 3.63) is 101 Å². The first-order chi connectivity index (χ1) is 18.4. The van der Waals surface area contributed by atoms with Crippen molar-refractivity contribution in [2.75, 3.05) is 43.4 Å². The predicted octanol–water partition coefficient (Wildman–Crippen LogP) is 4.03. The first-order valence-corrected chi connectivity index (χ1v) is 12.4. The Labute approximate surface area is 220 Å². The van der Waals surface area contributed by atoms with Crippen molar-refractivity contribution >= 4 is 46.9 Å². The molecule has 2 heterocycles. The molecule has 3 aromatic carbocycles. The highest BCUT2D eigenvalue weighted by molar-refractivity contribution is 6.31. The molecule has 8 nitrogen and oxygen atoms in total. The van der Waals surface area contributed by atoms with Crippen molar-refractivity contribution in [2.24, 2.45) is 0 Å². The van der Waals surface area contributed by atoms with Gasteiger partial charge in [-0.25, -0.2) is 4.79 Å². The van der Waals surface area contributed by atoms with Gasteiger partial charge in [-0.15, -0.1) is 0 Å². The van der Waals surface area contributed by atoms with Crippen LogP contribution in [0.2, 0.25) is 0 Å². The van der Waals surface area contributed by atoms with E-state index in [9.17, 15) is 14.4 Å². The fraction of sp³-hybridized carbons (Fsp3) is 0.167. The molecule has 1 saturated heterocycles. The van der Waals surface area contributed by atoms with Gasteiger partial charge in [0.2, 0.25) is 0 Å². The van der Waals surface area contributed by atoms with Crippen LogP contribution in [0, 0.1) is 0 Å². The summed E-state index contributed by atoms with van der Waals surface area (Å²) in [5.41, 5.74) is 5.18. The van der Waals surface area contributed by atoms with E-state index in [4.69, 9.17) is 5.11 Å². The number of aromatic carboxylic acids is 1.